The maximum atomic E-state index is 5.69. The molecule has 0 bridgehead atoms. The minimum atomic E-state index is 0.228. The van der Waals surface area contributed by atoms with Gasteiger partial charge in [-0.15, -0.1) is 10.2 Å². The van der Waals surface area contributed by atoms with Crippen LogP contribution < -0.4 is 0 Å². The summed E-state index contributed by atoms with van der Waals surface area (Å²) in [5.74, 6) is 2.36. The first-order chi connectivity index (χ1) is 10.5. The molecule has 22 heavy (non-hydrogen) atoms. The number of benzene rings is 1. The molecule has 2 aromatic heterocycles. The van der Waals surface area contributed by atoms with Crippen LogP contribution >= 0.6 is 0 Å². The van der Waals surface area contributed by atoms with E-state index in [0.29, 0.717) is 29.9 Å². The van der Waals surface area contributed by atoms with Gasteiger partial charge in [-0.2, -0.15) is 4.98 Å². The van der Waals surface area contributed by atoms with E-state index in [2.05, 4.69) is 34.2 Å². The van der Waals surface area contributed by atoms with E-state index in [9.17, 15) is 0 Å². The molecule has 0 saturated heterocycles. The van der Waals surface area contributed by atoms with E-state index in [0.717, 1.165) is 5.56 Å². The minimum Gasteiger partial charge on any atom is -0.420 e. The molecule has 0 aliphatic heterocycles. The lowest BCUT2D eigenvalue weighted by Crippen LogP contribution is -1.92. The highest BCUT2D eigenvalue weighted by Gasteiger charge is 2.15. The van der Waals surface area contributed by atoms with Gasteiger partial charge in [-0.25, -0.2) is 0 Å². The van der Waals surface area contributed by atoms with E-state index in [1.807, 2.05) is 32.0 Å². The summed E-state index contributed by atoms with van der Waals surface area (Å²) in [5, 5.41) is 12.1. The largest absolute Gasteiger partial charge is 0.420 e. The average Bonchev–Trinajstić information content (AvgIpc) is 3.12. The number of hydrogen-bond donors (Lipinski definition) is 0. The van der Waals surface area contributed by atoms with E-state index in [4.69, 9.17) is 8.94 Å². The van der Waals surface area contributed by atoms with E-state index in [-0.39, 0.29) is 5.92 Å². The standard InChI is InChI=1S/C16H18N4O2/c1-9(2)15-17-13(22-20-15)8-14-18-19-16(21-14)12-6-5-10(3)11(4)7-12/h5-7,9H,8H2,1-4H3. The summed E-state index contributed by atoms with van der Waals surface area (Å²) in [7, 11) is 0. The Morgan fingerprint density at radius 3 is 2.55 bits per heavy atom. The van der Waals surface area contributed by atoms with Crippen LogP contribution in [0, 0.1) is 13.8 Å². The third-order valence-corrected chi connectivity index (χ3v) is 3.52. The van der Waals surface area contributed by atoms with Gasteiger partial charge in [0, 0.05) is 11.5 Å². The van der Waals surface area contributed by atoms with Gasteiger partial charge < -0.3 is 8.94 Å². The number of nitrogens with zero attached hydrogens (tertiary/aromatic N) is 4. The van der Waals surface area contributed by atoms with Gasteiger partial charge in [0.05, 0.1) is 0 Å². The molecule has 3 aromatic rings. The first kappa shape index (κ1) is 14.4. The maximum absolute atomic E-state index is 5.69. The summed E-state index contributed by atoms with van der Waals surface area (Å²) in [6, 6.07) is 6.06. The van der Waals surface area contributed by atoms with Crippen LogP contribution in [-0.2, 0) is 6.42 Å². The van der Waals surface area contributed by atoms with Crippen LogP contribution in [-0.4, -0.2) is 20.3 Å². The monoisotopic (exact) mass is 298 g/mol. The SMILES string of the molecule is Cc1ccc(-c2nnc(Cc3nc(C(C)C)no3)o2)cc1C. The molecule has 3 rings (SSSR count). The number of rotatable bonds is 4. The quantitative estimate of drug-likeness (QED) is 0.734. The molecule has 0 radical (unpaired) electrons. The van der Waals surface area contributed by atoms with Crippen LogP contribution in [0.4, 0.5) is 0 Å². The van der Waals surface area contributed by atoms with Crippen molar-refractivity contribution < 1.29 is 8.94 Å². The number of hydrogen-bond acceptors (Lipinski definition) is 6. The zero-order valence-electron chi connectivity index (χ0n) is 13.1. The van der Waals surface area contributed by atoms with Crippen molar-refractivity contribution in [2.24, 2.45) is 0 Å². The van der Waals surface area contributed by atoms with Gasteiger partial charge >= 0.3 is 0 Å². The average molecular weight is 298 g/mol. The van der Waals surface area contributed by atoms with Crippen molar-refractivity contribution in [3.05, 3.63) is 46.9 Å². The summed E-state index contributed by atoms with van der Waals surface area (Å²) < 4.78 is 10.9. The van der Waals surface area contributed by atoms with Gasteiger partial charge in [0.1, 0.15) is 6.42 Å². The van der Waals surface area contributed by atoms with Crippen molar-refractivity contribution in [2.45, 2.75) is 40.0 Å². The molecular formula is C16H18N4O2. The molecule has 1 aromatic carbocycles. The lowest BCUT2D eigenvalue weighted by atomic mass is 10.1. The molecule has 0 amide bonds. The fourth-order valence-corrected chi connectivity index (χ4v) is 2.02. The molecule has 0 saturated carbocycles. The maximum Gasteiger partial charge on any atom is 0.247 e. The summed E-state index contributed by atoms with van der Waals surface area (Å²) in [6.07, 6.45) is 0.345. The zero-order valence-corrected chi connectivity index (χ0v) is 13.1. The Hall–Kier alpha value is -2.50. The Morgan fingerprint density at radius 1 is 1.05 bits per heavy atom. The van der Waals surface area contributed by atoms with Gasteiger partial charge in [0.15, 0.2) is 5.82 Å². The Balaban J connectivity index is 1.79. The van der Waals surface area contributed by atoms with Crippen molar-refractivity contribution in [3.8, 4) is 11.5 Å². The van der Waals surface area contributed by atoms with Crippen molar-refractivity contribution in [1.29, 1.82) is 0 Å². The van der Waals surface area contributed by atoms with Gasteiger partial charge in [-0.1, -0.05) is 25.1 Å². The first-order valence-electron chi connectivity index (χ1n) is 7.25. The van der Waals surface area contributed by atoms with Gasteiger partial charge in [-0.05, 0) is 37.1 Å². The van der Waals surface area contributed by atoms with Crippen molar-refractivity contribution >= 4 is 0 Å². The third-order valence-electron chi connectivity index (χ3n) is 3.52. The highest BCUT2D eigenvalue weighted by Crippen LogP contribution is 2.21. The summed E-state index contributed by atoms with van der Waals surface area (Å²) in [6.45, 7) is 8.15. The molecule has 0 N–H and O–H groups in total. The Labute approximate surface area is 128 Å². The second kappa shape index (κ2) is 5.71. The molecular weight excluding hydrogens is 280 g/mol. The smallest absolute Gasteiger partial charge is 0.247 e. The second-order valence-electron chi connectivity index (χ2n) is 5.68. The van der Waals surface area contributed by atoms with Crippen LogP contribution in [0.25, 0.3) is 11.5 Å². The first-order valence-corrected chi connectivity index (χ1v) is 7.25. The molecule has 0 aliphatic carbocycles. The number of aryl methyl sites for hydroxylation is 2. The normalized spacial score (nSPS) is 11.3. The molecule has 2 heterocycles. The van der Waals surface area contributed by atoms with E-state index in [1.54, 1.807) is 0 Å². The predicted octanol–water partition coefficient (Wildman–Crippen LogP) is 3.45. The van der Waals surface area contributed by atoms with E-state index >= 15 is 0 Å². The Bertz CT molecular complexity index is 789. The fourth-order valence-electron chi connectivity index (χ4n) is 2.02. The number of aromatic nitrogens is 4. The molecule has 0 atom stereocenters. The zero-order chi connectivity index (χ0) is 15.7. The summed E-state index contributed by atoms with van der Waals surface area (Å²) in [5.41, 5.74) is 3.33. The van der Waals surface area contributed by atoms with Gasteiger partial charge in [0.2, 0.25) is 17.7 Å². The molecule has 0 fully saturated rings. The molecule has 6 heteroatoms. The summed E-state index contributed by atoms with van der Waals surface area (Å²) in [4.78, 5) is 4.31. The molecule has 0 aliphatic rings. The third kappa shape index (κ3) is 2.90. The lowest BCUT2D eigenvalue weighted by molar-refractivity contribution is 0.367. The molecule has 0 unspecified atom stereocenters. The molecule has 0 spiro atoms. The van der Waals surface area contributed by atoms with E-state index < -0.39 is 0 Å². The van der Waals surface area contributed by atoms with Gasteiger partial charge in [-0.3, -0.25) is 0 Å². The van der Waals surface area contributed by atoms with Crippen molar-refractivity contribution in [1.82, 2.24) is 20.3 Å². The van der Waals surface area contributed by atoms with Crippen LogP contribution in [0.3, 0.4) is 0 Å². The Kier molecular flexibility index (Phi) is 3.75. The van der Waals surface area contributed by atoms with Crippen LogP contribution in [0.15, 0.2) is 27.1 Å². The topological polar surface area (TPSA) is 77.8 Å². The highest BCUT2D eigenvalue weighted by atomic mass is 16.5. The summed E-state index contributed by atoms with van der Waals surface area (Å²) >= 11 is 0. The Morgan fingerprint density at radius 2 is 1.86 bits per heavy atom. The molecule has 114 valence electrons. The highest BCUT2D eigenvalue weighted by molar-refractivity contribution is 5.55. The van der Waals surface area contributed by atoms with E-state index in [1.165, 1.54) is 11.1 Å². The van der Waals surface area contributed by atoms with Crippen LogP contribution in [0.2, 0.25) is 0 Å². The fraction of sp³-hybridized carbons (Fsp3) is 0.375. The van der Waals surface area contributed by atoms with Crippen LogP contribution in [0.5, 0.6) is 0 Å². The minimum absolute atomic E-state index is 0.228. The second-order valence-corrected chi connectivity index (χ2v) is 5.68. The van der Waals surface area contributed by atoms with Gasteiger partial charge in [0.25, 0.3) is 0 Å². The lowest BCUT2D eigenvalue weighted by Gasteiger charge is -2.00. The molecule has 6 nitrogen and oxygen atoms in total. The van der Waals surface area contributed by atoms with Crippen molar-refractivity contribution in [2.75, 3.05) is 0 Å². The predicted molar refractivity (Wildman–Crippen MR) is 80.4 cm³/mol. The van der Waals surface area contributed by atoms with Crippen molar-refractivity contribution in [3.63, 3.8) is 0 Å². The van der Waals surface area contributed by atoms with Crippen LogP contribution in [0.1, 0.15) is 48.5 Å².